The van der Waals surface area contributed by atoms with Crippen LogP contribution in [0, 0.1) is 0 Å². The van der Waals surface area contributed by atoms with E-state index >= 15 is 0 Å². The third kappa shape index (κ3) is 0.516. The summed E-state index contributed by atoms with van der Waals surface area (Å²) in [6.45, 7) is 3.73. The largest absolute Gasteiger partial charge is 0.130 e. The Morgan fingerprint density at radius 3 is 2.20 bits per heavy atom. The first kappa shape index (κ1) is 3.36. The third-order valence-corrected chi connectivity index (χ3v) is 1.55. The third-order valence-electron chi connectivity index (χ3n) is 0.846. The lowest BCUT2D eigenvalue weighted by Gasteiger charge is -1.58. The summed E-state index contributed by atoms with van der Waals surface area (Å²) in [5, 5.41) is 0. The zero-order chi connectivity index (χ0) is 3.86. The van der Waals surface area contributed by atoms with Gasteiger partial charge in [-0.25, -0.2) is 0 Å². The Labute approximate surface area is 34.5 Å². The molecule has 0 aromatic carbocycles. The summed E-state index contributed by atoms with van der Waals surface area (Å²) in [7, 11) is 2.71. The zero-order valence-electron chi connectivity index (χ0n) is 3.07. The van der Waals surface area contributed by atoms with Crippen LogP contribution in [0.4, 0.5) is 0 Å². The van der Waals surface area contributed by atoms with Gasteiger partial charge in [0.05, 0.1) is 0 Å². The van der Waals surface area contributed by atoms with Gasteiger partial charge in [-0.2, -0.15) is 0 Å². The molecule has 1 heteroatoms. The first-order valence-corrected chi connectivity index (χ1v) is 2.40. The molecule has 0 aromatic rings. The molecule has 0 saturated heterocycles. The Morgan fingerprint density at radius 1 is 2.00 bits per heavy atom. The maximum Gasteiger partial charge on any atom is -0.00208 e. The van der Waals surface area contributed by atoms with Gasteiger partial charge in [-0.05, 0) is 12.1 Å². The molecule has 0 aromatic heterocycles. The molecule has 28 valence electrons. The molecule has 1 aliphatic rings. The smallest absolute Gasteiger partial charge is 0.00208 e. The monoisotopic (exact) mass is 86.0 g/mol. The summed E-state index contributed by atoms with van der Waals surface area (Å²) < 4.78 is 0. The highest BCUT2D eigenvalue weighted by atomic mass is 31.0. The number of hydrogen-bond acceptors (Lipinski definition) is 0. The highest BCUT2D eigenvalue weighted by Crippen LogP contribution is 2.34. The van der Waals surface area contributed by atoms with Gasteiger partial charge in [0.1, 0.15) is 0 Å². The molecule has 1 unspecified atom stereocenters. The van der Waals surface area contributed by atoms with Crippen molar-refractivity contribution in [3.05, 3.63) is 12.2 Å². The van der Waals surface area contributed by atoms with Crippen molar-refractivity contribution >= 4 is 9.24 Å². The molecule has 0 bridgehead atoms. The molecule has 0 aliphatic heterocycles. The van der Waals surface area contributed by atoms with Gasteiger partial charge in [-0.3, -0.25) is 0 Å². The highest BCUT2D eigenvalue weighted by Gasteiger charge is 2.20. The maximum atomic E-state index is 3.73. The Balaban J connectivity index is 2.47. The predicted octanol–water partition coefficient (Wildman–Crippen LogP) is 1.19. The van der Waals surface area contributed by atoms with Crippen LogP contribution in [-0.2, 0) is 0 Å². The van der Waals surface area contributed by atoms with E-state index in [0.29, 0.717) is 0 Å². The van der Waals surface area contributed by atoms with Crippen LogP contribution in [0.25, 0.3) is 0 Å². The van der Waals surface area contributed by atoms with Crippen LogP contribution in [0.2, 0.25) is 0 Å². The van der Waals surface area contributed by atoms with Crippen LogP contribution in [0.15, 0.2) is 12.2 Å². The van der Waals surface area contributed by atoms with E-state index in [1.807, 2.05) is 0 Å². The average molecular weight is 86.1 g/mol. The van der Waals surface area contributed by atoms with Crippen molar-refractivity contribution in [2.24, 2.45) is 0 Å². The van der Waals surface area contributed by atoms with Crippen LogP contribution in [0.1, 0.15) is 6.42 Å². The molecule has 0 nitrogen and oxygen atoms in total. The van der Waals surface area contributed by atoms with Crippen molar-refractivity contribution in [3.8, 4) is 0 Å². The second kappa shape index (κ2) is 0.815. The first-order chi connectivity index (χ1) is 2.30. The average Bonchev–Trinajstić information content (AvgIpc) is 1.79. The molecule has 1 aliphatic carbocycles. The van der Waals surface area contributed by atoms with Gasteiger partial charge in [0.15, 0.2) is 0 Å². The fourth-order valence-corrected chi connectivity index (χ4v) is 0.526. The van der Waals surface area contributed by atoms with E-state index in [1.54, 1.807) is 0 Å². The van der Waals surface area contributed by atoms with E-state index in [-0.39, 0.29) is 0 Å². The molecule has 0 spiro atoms. The van der Waals surface area contributed by atoms with Gasteiger partial charge < -0.3 is 0 Å². The standard InChI is InChI=1S/C4H7P/c1-3-2-4(3)5/h4H,1-2,5H2/t4-/m1/s1. The Kier molecular flexibility index (Phi) is 0.548. The maximum absolute atomic E-state index is 3.73. The topological polar surface area (TPSA) is 0 Å². The lowest BCUT2D eigenvalue weighted by molar-refractivity contribution is 1.52. The molecule has 0 heterocycles. The van der Waals surface area contributed by atoms with E-state index in [9.17, 15) is 0 Å². The van der Waals surface area contributed by atoms with Crippen molar-refractivity contribution in [3.63, 3.8) is 0 Å². The lowest BCUT2D eigenvalue weighted by atomic mass is 10.7. The second-order valence-electron chi connectivity index (χ2n) is 1.47. The van der Waals surface area contributed by atoms with Gasteiger partial charge in [-0.1, -0.05) is 12.2 Å². The van der Waals surface area contributed by atoms with Gasteiger partial charge in [0.25, 0.3) is 0 Å². The fourth-order valence-electron chi connectivity index (χ4n) is 0.224. The molecule has 5 heavy (non-hydrogen) atoms. The van der Waals surface area contributed by atoms with Crippen molar-refractivity contribution in [1.29, 1.82) is 0 Å². The molecule has 0 radical (unpaired) electrons. The minimum absolute atomic E-state index is 0.773. The van der Waals surface area contributed by atoms with Crippen molar-refractivity contribution in [2.45, 2.75) is 12.1 Å². The Bertz CT molecular complexity index is 66.0. The van der Waals surface area contributed by atoms with Gasteiger partial charge >= 0.3 is 0 Å². The number of allylic oxidation sites excluding steroid dienone is 1. The zero-order valence-corrected chi connectivity index (χ0v) is 4.22. The summed E-state index contributed by atoms with van der Waals surface area (Å²) in [6.07, 6.45) is 1.24. The van der Waals surface area contributed by atoms with Crippen molar-refractivity contribution in [1.82, 2.24) is 0 Å². The fraction of sp³-hybridized carbons (Fsp3) is 0.500. The van der Waals surface area contributed by atoms with Gasteiger partial charge in [0, 0.05) is 0 Å². The number of rotatable bonds is 0. The minimum Gasteiger partial charge on any atom is -0.130 e. The molecular formula is C4H7P. The predicted molar refractivity (Wildman–Crippen MR) is 27.3 cm³/mol. The molecule has 1 saturated carbocycles. The Morgan fingerprint density at radius 2 is 2.20 bits per heavy atom. The summed E-state index contributed by atoms with van der Waals surface area (Å²) in [5.41, 5.74) is 2.16. The first-order valence-electron chi connectivity index (χ1n) is 1.74. The number of hydrogen-bond donors (Lipinski definition) is 0. The van der Waals surface area contributed by atoms with Crippen LogP contribution < -0.4 is 0 Å². The quantitative estimate of drug-likeness (QED) is 0.307. The molecular weight excluding hydrogens is 79.0 g/mol. The molecule has 1 rings (SSSR count). The summed E-state index contributed by atoms with van der Waals surface area (Å²) >= 11 is 0. The SMILES string of the molecule is C=C1C[C@H]1P. The van der Waals surface area contributed by atoms with E-state index in [1.165, 1.54) is 12.0 Å². The summed E-state index contributed by atoms with van der Waals surface area (Å²) in [5.74, 6) is 0. The molecule has 0 N–H and O–H groups in total. The van der Waals surface area contributed by atoms with Crippen LogP contribution >= 0.6 is 9.24 Å². The van der Waals surface area contributed by atoms with Crippen molar-refractivity contribution < 1.29 is 0 Å². The highest BCUT2D eigenvalue weighted by molar-refractivity contribution is 7.18. The summed E-state index contributed by atoms with van der Waals surface area (Å²) in [6, 6.07) is 0. The normalized spacial score (nSPS) is 34.6. The van der Waals surface area contributed by atoms with E-state index in [0.717, 1.165) is 5.66 Å². The van der Waals surface area contributed by atoms with Gasteiger partial charge in [0.2, 0.25) is 0 Å². The van der Waals surface area contributed by atoms with E-state index in [4.69, 9.17) is 0 Å². The van der Waals surface area contributed by atoms with Crippen molar-refractivity contribution in [2.75, 3.05) is 0 Å². The van der Waals surface area contributed by atoms with Crippen LogP contribution in [0.3, 0.4) is 0 Å². The van der Waals surface area contributed by atoms with Crippen LogP contribution in [0.5, 0.6) is 0 Å². The molecule has 2 atom stereocenters. The Hall–Kier alpha value is 0.170. The molecule has 1 fully saturated rings. The summed E-state index contributed by atoms with van der Waals surface area (Å²) in [4.78, 5) is 0. The second-order valence-corrected chi connectivity index (χ2v) is 2.27. The van der Waals surface area contributed by atoms with Gasteiger partial charge in [-0.15, -0.1) is 9.24 Å². The molecule has 0 amide bonds. The van der Waals surface area contributed by atoms with E-state index < -0.39 is 0 Å². The van der Waals surface area contributed by atoms with E-state index in [2.05, 4.69) is 15.8 Å². The minimum atomic E-state index is 0.773. The lowest BCUT2D eigenvalue weighted by Crippen LogP contribution is -1.46. The van der Waals surface area contributed by atoms with Crippen LogP contribution in [-0.4, -0.2) is 5.66 Å².